The Labute approximate surface area is 155 Å². The molecule has 0 aliphatic carbocycles. The maximum atomic E-state index is 12.7. The van der Waals surface area contributed by atoms with Crippen molar-refractivity contribution in [1.82, 2.24) is 19.9 Å². The Morgan fingerprint density at radius 2 is 2.21 bits per heavy atom. The second-order valence-corrected chi connectivity index (χ2v) is 7.32. The normalized spacial score (nSPS) is 20.1. The molecule has 1 aliphatic rings. The highest BCUT2D eigenvalue weighted by atomic mass is 79.9. The number of amides is 1. The van der Waals surface area contributed by atoms with Crippen LogP contribution in [0.1, 0.15) is 29.5 Å². The summed E-state index contributed by atoms with van der Waals surface area (Å²) in [6.45, 7) is 5.96. The molecule has 1 aliphatic heterocycles. The molecule has 3 rings (SSSR count). The minimum atomic E-state index is -0.0686. The molecule has 130 valence electrons. The highest BCUT2D eigenvalue weighted by molar-refractivity contribution is 9.10. The van der Waals surface area contributed by atoms with Gasteiger partial charge >= 0.3 is 0 Å². The van der Waals surface area contributed by atoms with Gasteiger partial charge in [-0.1, -0.05) is 34.1 Å². The number of aromatic nitrogens is 3. The number of rotatable bonds is 3. The van der Waals surface area contributed by atoms with Gasteiger partial charge in [0.25, 0.3) is 5.91 Å². The summed E-state index contributed by atoms with van der Waals surface area (Å²) in [7, 11) is 0. The highest BCUT2D eigenvalue weighted by Crippen LogP contribution is 2.29. The second kappa shape index (κ2) is 7.21. The van der Waals surface area contributed by atoms with Gasteiger partial charge in [0.15, 0.2) is 5.69 Å². The Bertz CT molecular complexity index is 750. The first-order valence-corrected chi connectivity index (χ1v) is 8.40. The fourth-order valence-corrected chi connectivity index (χ4v) is 3.28. The number of hydrogen-bond acceptors (Lipinski definition) is 4. The molecule has 0 bridgehead atoms. The maximum Gasteiger partial charge on any atom is 0.276 e. The third kappa shape index (κ3) is 3.48. The average Bonchev–Trinajstić information content (AvgIpc) is 3.11. The number of likely N-dealkylation sites (tertiary alicyclic amines) is 1. The van der Waals surface area contributed by atoms with Crippen LogP contribution < -0.4 is 5.73 Å². The lowest BCUT2D eigenvalue weighted by Gasteiger charge is -2.22. The molecule has 2 heterocycles. The number of nitrogens with two attached hydrogens (primary N) is 1. The van der Waals surface area contributed by atoms with Crippen LogP contribution in [0.3, 0.4) is 0 Å². The lowest BCUT2D eigenvalue weighted by Crippen LogP contribution is -2.35. The van der Waals surface area contributed by atoms with Crippen molar-refractivity contribution in [3.8, 4) is 5.69 Å². The first-order chi connectivity index (χ1) is 10.9. The largest absolute Gasteiger partial charge is 0.337 e. The fraction of sp³-hybridized carbons (Fsp3) is 0.438. The van der Waals surface area contributed by atoms with Gasteiger partial charge in [-0.2, -0.15) is 0 Å². The molecular formula is C16H21BrClN5O. The van der Waals surface area contributed by atoms with E-state index in [9.17, 15) is 4.79 Å². The summed E-state index contributed by atoms with van der Waals surface area (Å²) in [4.78, 5) is 14.6. The average molecular weight is 415 g/mol. The Balaban J connectivity index is 0.00000208. The Morgan fingerprint density at radius 3 is 2.83 bits per heavy atom. The van der Waals surface area contributed by atoms with E-state index in [2.05, 4.69) is 33.2 Å². The summed E-state index contributed by atoms with van der Waals surface area (Å²) in [5, 5.41) is 8.26. The number of carbonyl (C=O) groups excluding carboxylic acids is 1. The van der Waals surface area contributed by atoms with Crippen molar-refractivity contribution < 1.29 is 4.79 Å². The van der Waals surface area contributed by atoms with Gasteiger partial charge in [0.1, 0.15) is 0 Å². The van der Waals surface area contributed by atoms with Crippen molar-refractivity contribution in [3.05, 3.63) is 40.1 Å². The fourth-order valence-electron chi connectivity index (χ4n) is 2.89. The van der Waals surface area contributed by atoms with Gasteiger partial charge in [-0.05, 0) is 43.5 Å². The number of halogens is 2. The molecule has 1 aromatic heterocycles. The molecule has 1 fully saturated rings. The first-order valence-electron chi connectivity index (χ1n) is 7.61. The highest BCUT2D eigenvalue weighted by Gasteiger charge is 2.36. The van der Waals surface area contributed by atoms with E-state index in [-0.39, 0.29) is 23.7 Å². The minimum absolute atomic E-state index is 0. The summed E-state index contributed by atoms with van der Waals surface area (Å²) in [6.07, 6.45) is 0.925. The van der Waals surface area contributed by atoms with E-state index in [1.165, 1.54) is 0 Å². The van der Waals surface area contributed by atoms with E-state index in [1.807, 2.05) is 36.1 Å². The molecule has 1 saturated heterocycles. The minimum Gasteiger partial charge on any atom is -0.337 e. The van der Waals surface area contributed by atoms with Crippen LogP contribution in [-0.2, 0) is 0 Å². The third-order valence-corrected chi connectivity index (χ3v) is 4.98. The van der Waals surface area contributed by atoms with Crippen molar-refractivity contribution in [2.24, 2.45) is 11.1 Å². The zero-order valence-corrected chi connectivity index (χ0v) is 16.1. The first kappa shape index (κ1) is 18.9. The van der Waals surface area contributed by atoms with Gasteiger partial charge in [0, 0.05) is 17.6 Å². The third-order valence-electron chi connectivity index (χ3n) is 4.49. The molecular weight excluding hydrogens is 394 g/mol. The smallest absolute Gasteiger partial charge is 0.276 e. The van der Waals surface area contributed by atoms with Crippen LogP contribution in [-0.4, -0.2) is 45.4 Å². The van der Waals surface area contributed by atoms with Crippen LogP contribution in [0.5, 0.6) is 0 Å². The van der Waals surface area contributed by atoms with Gasteiger partial charge in [-0.3, -0.25) is 4.79 Å². The van der Waals surface area contributed by atoms with Crippen molar-refractivity contribution in [1.29, 1.82) is 0 Å². The summed E-state index contributed by atoms with van der Waals surface area (Å²) in [6, 6.07) is 7.74. The van der Waals surface area contributed by atoms with Crippen LogP contribution in [0.25, 0.3) is 5.69 Å². The van der Waals surface area contributed by atoms with Crippen LogP contribution in [0.4, 0.5) is 0 Å². The van der Waals surface area contributed by atoms with Gasteiger partial charge in [-0.15, -0.1) is 17.5 Å². The predicted molar refractivity (Wildman–Crippen MR) is 98.7 cm³/mol. The van der Waals surface area contributed by atoms with Gasteiger partial charge in [0.05, 0.1) is 11.4 Å². The van der Waals surface area contributed by atoms with E-state index in [0.717, 1.165) is 28.8 Å². The zero-order chi connectivity index (χ0) is 16.6. The van der Waals surface area contributed by atoms with Crippen molar-refractivity contribution in [2.45, 2.75) is 20.3 Å². The summed E-state index contributed by atoms with van der Waals surface area (Å²) in [5.41, 5.74) is 7.85. The lowest BCUT2D eigenvalue weighted by molar-refractivity contribution is 0.0770. The monoisotopic (exact) mass is 413 g/mol. The zero-order valence-electron chi connectivity index (χ0n) is 13.7. The molecule has 8 heteroatoms. The van der Waals surface area contributed by atoms with E-state index >= 15 is 0 Å². The molecule has 24 heavy (non-hydrogen) atoms. The Hall–Kier alpha value is -1.44. The van der Waals surface area contributed by atoms with Gasteiger partial charge < -0.3 is 10.6 Å². The predicted octanol–water partition coefficient (Wildman–Crippen LogP) is 2.57. The van der Waals surface area contributed by atoms with Crippen molar-refractivity contribution in [3.63, 3.8) is 0 Å². The van der Waals surface area contributed by atoms with Gasteiger partial charge in [-0.25, -0.2) is 4.68 Å². The standard InChI is InChI=1S/C16H20BrN5O.ClH/c1-11-14(15(23)21-7-6-16(2,9-18)10-21)19-20-22(11)13-5-3-4-12(17)8-13;/h3-5,8H,6-7,9-10,18H2,1-2H3;1H. The molecule has 0 saturated carbocycles. The summed E-state index contributed by atoms with van der Waals surface area (Å²) >= 11 is 3.45. The topological polar surface area (TPSA) is 77.0 Å². The van der Waals surface area contributed by atoms with Crippen molar-refractivity contribution >= 4 is 34.2 Å². The maximum absolute atomic E-state index is 12.7. The van der Waals surface area contributed by atoms with Crippen molar-refractivity contribution in [2.75, 3.05) is 19.6 Å². The molecule has 6 nitrogen and oxygen atoms in total. The lowest BCUT2D eigenvalue weighted by atomic mass is 9.90. The number of carbonyl (C=O) groups is 1. The number of benzene rings is 1. The van der Waals surface area contributed by atoms with Crippen LogP contribution in [0, 0.1) is 12.3 Å². The molecule has 2 N–H and O–H groups in total. The Kier molecular flexibility index (Phi) is 5.67. The van der Waals surface area contributed by atoms with E-state index in [4.69, 9.17) is 5.73 Å². The SMILES string of the molecule is Cc1c(C(=O)N2CCC(C)(CN)C2)nnn1-c1cccc(Br)c1.Cl. The molecule has 1 atom stereocenters. The molecule has 0 radical (unpaired) electrons. The second-order valence-electron chi connectivity index (χ2n) is 6.41. The number of nitrogens with zero attached hydrogens (tertiary/aromatic N) is 4. The van der Waals surface area contributed by atoms with Crippen LogP contribution in [0.15, 0.2) is 28.7 Å². The summed E-state index contributed by atoms with van der Waals surface area (Å²) in [5.74, 6) is -0.0686. The molecule has 1 unspecified atom stereocenters. The molecule has 1 aromatic carbocycles. The van der Waals surface area contributed by atoms with E-state index in [0.29, 0.717) is 18.8 Å². The molecule has 2 aromatic rings. The van der Waals surface area contributed by atoms with Crippen LogP contribution >= 0.6 is 28.3 Å². The molecule has 0 spiro atoms. The summed E-state index contributed by atoms with van der Waals surface area (Å²) < 4.78 is 2.65. The Morgan fingerprint density at radius 1 is 1.46 bits per heavy atom. The number of hydrogen-bond donors (Lipinski definition) is 1. The van der Waals surface area contributed by atoms with Crippen LogP contribution in [0.2, 0.25) is 0 Å². The molecule has 1 amide bonds. The van der Waals surface area contributed by atoms with Gasteiger partial charge in [0.2, 0.25) is 0 Å². The van der Waals surface area contributed by atoms with E-state index < -0.39 is 0 Å². The van der Waals surface area contributed by atoms with E-state index in [1.54, 1.807) is 4.68 Å². The quantitative estimate of drug-likeness (QED) is 0.837.